The molecule has 1 amide bonds. The Bertz CT molecular complexity index is 1180. The number of nitrogens with one attached hydrogen (secondary N) is 2. The number of H-pyrrole nitrogens is 1. The van der Waals surface area contributed by atoms with Crippen LogP contribution in [0.5, 0.6) is 5.75 Å². The standard InChI is InChI=1S/C25H23FN2O2/c1-16(18-5-4-6-20(29)15-18)27-24(30)14-13-22-21-7-2-3-8-23(21)28-25(22)17-9-11-19(26)12-10-17/h2-12,15-16,28-29H,13-14H2,1H3,(H,27,30). The molecule has 0 spiro atoms. The molecule has 0 radical (unpaired) electrons. The second-order valence-electron chi connectivity index (χ2n) is 7.42. The molecule has 30 heavy (non-hydrogen) atoms. The highest BCUT2D eigenvalue weighted by Crippen LogP contribution is 2.31. The number of amides is 1. The van der Waals surface area contributed by atoms with Gasteiger partial charge in [0, 0.05) is 23.0 Å². The van der Waals surface area contributed by atoms with Gasteiger partial charge in [0.05, 0.1) is 6.04 Å². The van der Waals surface area contributed by atoms with Crippen LogP contribution in [0.2, 0.25) is 0 Å². The summed E-state index contributed by atoms with van der Waals surface area (Å²) in [5.74, 6) is -0.172. The van der Waals surface area contributed by atoms with Crippen LogP contribution in [0.15, 0.2) is 72.8 Å². The third-order valence-electron chi connectivity index (χ3n) is 5.30. The molecular weight excluding hydrogens is 379 g/mol. The van der Waals surface area contributed by atoms with Crippen LogP contribution in [0, 0.1) is 5.82 Å². The van der Waals surface area contributed by atoms with E-state index in [1.165, 1.54) is 12.1 Å². The van der Waals surface area contributed by atoms with Crippen molar-refractivity contribution in [1.29, 1.82) is 0 Å². The topological polar surface area (TPSA) is 65.1 Å². The summed E-state index contributed by atoms with van der Waals surface area (Å²) >= 11 is 0. The highest BCUT2D eigenvalue weighted by atomic mass is 19.1. The van der Waals surface area contributed by atoms with Crippen molar-refractivity contribution in [3.05, 3.63) is 89.7 Å². The van der Waals surface area contributed by atoms with Crippen molar-refractivity contribution in [3.63, 3.8) is 0 Å². The van der Waals surface area contributed by atoms with Gasteiger partial charge in [0.1, 0.15) is 11.6 Å². The summed E-state index contributed by atoms with van der Waals surface area (Å²) in [6.45, 7) is 1.89. The maximum atomic E-state index is 13.4. The number of halogens is 1. The highest BCUT2D eigenvalue weighted by Gasteiger charge is 2.16. The van der Waals surface area contributed by atoms with E-state index in [2.05, 4.69) is 10.3 Å². The van der Waals surface area contributed by atoms with Crippen LogP contribution in [0.3, 0.4) is 0 Å². The number of aryl methyl sites for hydroxylation is 1. The largest absolute Gasteiger partial charge is 0.508 e. The lowest BCUT2D eigenvalue weighted by Crippen LogP contribution is -2.26. The third-order valence-corrected chi connectivity index (χ3v) is 5.30. The van der Waals surface area contributed by atoms with Gasteiger partial charge >= 0.3 is 0 Å². The number of para-hydroxylation sites is 1. The SMILES string of the molecule is CC(NC(=O)CCc1c(-c2ccc(F)cc2)[nH]c2ccccc12)c1cccc(O)c1. The summed E-state index contributed by atoms with van der Waals surface area (Å²) < 4.78 is 13.4. The number of aromatic hydroxyl groups is 1. The number of hydrogen-bond donors (Lipinski definition) is 3. The molecule has 3 N–H and O–H groups in total. The van der Waals surface area contributed by atoms with Gasteiger partial charge in [-0.2, -0.15) is 0 Å². The monoisotopic (exact) mass is 402 g/mol. The van der Waals surface area contributed by atoms with Crippen LogP contribution >= 0.6 is 0 Å². The van der Waals surface area contributed by atoms with Crippen LogP contribution < -0.4 is 5.32 Å². The molecular formula is C25H23FN2O2. The fraction of sp³-hybridized carbons (Fsp3) is 0.160. The van der Waals surface area contributed by atoms with Crippen molar-refractivity contribution in [2.24, 2.45) is 0 Å². The molecule has 4 aromatic rings. The smallest absolute Gasteiger partial charge is 0.220 e. The molecule has 0 saturated heterocycles. The summed E-state index contributed by atoms with van der Waals surface area (Å²) in [5.41, 5.74) is 4.67. The van der Waals surface area contributed by atoms with Crippen molar-refractivity contribution in [1.82, 2.24) is 10.3 Å². The molecule has 1 atom stereocenters. The fourth-order valence-electron chi connectivity index (χ4n) is 3.75. The minimum atomic E-state index is -0.281. The molecule has 4 rings (SSSR count). The number of aromatic nitrogens is 1. The maximum Gasteiger partial charge on any atom is 0.220 e. The molecule has 1 unspecified atom stereocenters. The van der Waals surface area contributed by atoms with Crippen molar-refractivity contribution >= 4 is 16.8 Å². The van der Waals surface area contributed by atoms with Crippen LogP contribution in [-0.2, 0) is 11.2 Å². The molecule has 0 fully saturated rings. The number of rotatable bonds is 6. The lowest BCUT2D eigenvalue weighted by Gasteiger charge is -2.15. The summed E-state index contributed by atoms with van der Waals surface area (Å²) in [5, 5.41) is 13.7. The second-order valence-corrected chi connectivity index (χ2v) is 7.42. The van der Waals surface area contributed by atoms with Gasteiger partial charge in [-0.05, 0) is 72.5 Å². The molecule has 0 aliphatic heterocycles. The van der Waals surface area contributed by atoms with Gasteiger partial charge in [-0.15, -0.1) is 0 Å². The van der Waals surface area contributed by atoms with Crippen LogP contribution in [0.1, 0.15) is 30.5 Å². The Kier molecular flexibility index (Phi) is 5.53. The number of fused-ring (bicyclic) bond motifs is 1. The molecule has 0 aliphatic rings. The van der Waals surface area contributed by atoms with Gasteiger partial charge in [0.25, 0.3) is 0 Å². The van der Waals surface area contributed by atoms with Crippen molar-refractivity contribution < 1.29 is 14.3 Å². The zero-order chi connectivity index (χ0) is 21.1. The van der Waals surface area contributed by atoms with Crippen molar-refractivity contribution in [2.45, 2.75) is 25.8 Å². The van der Waals surface area contributed by atoms with Crippen molar-refractivity contribution in [2.75, 3.05) is 0 Å². The molecule has 0 bridgehead atoms. The van der Waals surface area contributed by atoms with E-state index in [0.29, 0.717) is 12.8 Å². The molecule has 1 aromatic heterocycles. The quantitative estimate of drug-likeness (QED) is 0.399. The first kappa shape index (κ1) is 19.7. The molecule has 0 saturated carbocycles. The Morgan fingerprint density at radius 3 is 2.60 bits per heavy atom. The number of aromatic amines is 1. The Balaban J connectivity index is 1.54. The first-order chi connectivity index (χ1) is 14.5. The third kappa shape index (κ3) is 4.20. The van der Waals surface area contributed by atoms with E-state index >= 15 is 0 Å². The molecule has 152 valence electrons. The Morgan fingerprint density at radius 1 is 1.07 bits per heavy atom. The van der Waals surface area contributed by atoms with Crippen LogP contribution in [0.25, 0.3) is 22.2 Å². The van der Waals surface area contributed by atoms with E-state index in [-0.39, 0.29) is 23.5 Å². The second kappa shape index (κ2) is 8.41. The number of carbonyl (C=O) groups excluding carboxylic acids is 1. The Labute approximate surface area is 174 Å². The summed E-state index contributed by atoms with van der Waals surface area (Å²) in [4.78, 5) is 16.0. The first-order valence-electron chi connectivity index (χ1n) is 9.95. The van der Waals surface area contributed by atoms with E-state index < -0.39 is 0 Å². The highest BCUT2D eigenvalue weighted by molar-refractivity contribution is 5.91. The van der Waals surface area contributed by atoms with Crippen LogP contribution in [0.4, 0.5) is 4.39 Å². The van der Waals surface area contributed by atoms with E-state index in [4.69, 9.17) is 0 Å². The van der Waals surface area contributed by atoms with Gasteiger partial charge in [0.15, 0.2) is 0 Å². The lowest BCUT2D eigenvalue weighted by molar-refractivity contribution is -0.121. The summed E-state index contributed by atoms with van der Waals surface area (Å²) in [7, 11) is 0. The van der Waals surface area contributed by atoms with Crippen molar-refractivity contribution in [3.8, 4) is 17.0 Å². The summed E-state index contributed by atoms with van der Waals surface area (Å²) in [6.07, 6.45) is 0.870. The average Bonchev–Trinajstić information content (AvgIpc) is 3.11. The molecule has 3 aromatic carbocycles. The number of carbonyl (C=O) groups is 1. The number of benzene rings is 3. The van der Waals surface area contributed by atoms with E-state index in [0.717, 1.165) is 33.3 Å². The minimum absolute atomic E-state index is 0.0684. The zero-order valence-electron chi connectivity index (χ0n) is 16.7. The van der Waals surface area contributed by atoms with Gasteiger partial charge in [-0.25, -0.2) is 4.39 Å². The normalized spacial score (nSPS) is 12.1. The van der Waals surface area contributed by atoms with E-state index in [9.17, 15) is 14.3 Å². The molecule has 4 nitrogen and oxygen atoms in total. The van der Waals surface area contributed by atoms with Crippen LogP contribution in [-0.4, -0.2) is 16.0 Å². The van der Waals surface area contributed by atoms with E-state index in [1.54, 1.807) is 30.3 Å². The zero-order valence-corrected chi connectivity index (χ0v) is 16.7. The lowest BCUT2D eigenvalue weighted by atomic mass is 10.0. The van der Waals surface area contributed by atoms with Gasteiger partial charge in [0.2, 0.25) is 5.91 Å². The number of phenols is 1. The van der Waals surface area contributed by atoms with E-state index in [1.807, 2.05) is 37.3 Å². The number of phenolic OH excluding ortho intramolecular Hbond substituents is 1. The molecule has 0 aliphatic carbocycles. The molecule has 1 heterocycles. The summed E-state index contributed by atoms with van der Waals surface area (Å²) in [6, 6.07) is 21.0. The average molecular weight is 402 g/mol. The first-order valence-corrected chi connectivity index (χ1v) is 9.95. The van der Waals surface area contributed by atoms with Gasteiger partial charge in [-0.1, -0.05) is 30.3 Å². The predicted molar refractivity (Wildman–Crippen MR) is 117 cm³/mol. The maximum absolute atomic E-state index is 13.4. The number of hydrogen-bond acceptors (Lipinski definition) is 2. The molecule has 5 heteroatoms. The Morgan fingerprint density at radius 2 is 1.83 bits per heavy atom. The minimum Gasteiger partial charge on any atom is -0.508 e. The van der Waals surface area contributed by atoms with Gasteiger partial charge < -0.3 is 15.4 Å². The Hall–Kier alpha value is -3.60. The van der Waals surface area contributed by atoms with Gasteiger partial charge in [-0.3, -0.25) is 4.79 Å². The fourth-order valence-corrected chi connectivity index (χ4v) is 3.75. The predicted octanol–water partition coefficient (Wildman–Crippen LogP) is 5.49.